The molecular weight excluding hydrogens is 500 g/mol. The summed E-state index contributed by atoms with van der Waals surface area (Å²) < 4.78 is 0. The van der Waals surface area contributed by atoms with Crippen molar-refractivity contribution in [3.8, 4) is 23.0 Å². The molecule has 7 rings (SSSR count). The number of benzene rings is 3. The second-order valence-corrected chi connectivity index (χ2v) is 10.6. The average Bonchev–Trinajstić information content (AvgIpc) is 3.09. The molecule has 3 aromatic rings. The van der Waals surface area contributed by atoms with E-state index in [-0.39, 0.29) is 63.7 Å². The zero-order valence-electron chi connectivity index (χ0n) is 20.6. The van der Waals surface area contributed by atoms with Crippen LogP contribution in [-0.2, 0) is 5.41 Å². The lowest BCUT2D eigenvalue weighted by Gasteiger charge is -2.44. The minimum absolute atomic E-state index is 0.00884. The number of aliphatic hydroxyl groups is 1. The molecule has 3 atom stereocenters. The Kier molecular flexibility index (Phi) is 4.48. The van der Waals surface area contributed by atoms with Crippen LogP contribution in [0.15, 0.2) is 54.1 Å². The molecule has 4 aliphatic rings. The van der Waals surface area contributed by atoms with Crippen LogP contribution in [0.1, 0.15) is 73.1 Å². The van der Waals surface area contributed by atoms with Gasteiger partial charge >= 0.3 is 0 Å². The number of fused-ring (bicyclic) bond motifs is 3. The van der Waals surface area contributed by atoms with Crippen molar-refractivity contribution in [2.45, 2.75) is 31.3 Å². The molecule has 0 saturated carbocycles. The lowest BCUT2D eigenvalue weighted by atomic mass is 9.56. The first-order valence-electron chi connectivity index (χ1n) is 12.6. The van der Waals surface area contributed by atoms with Crippen molar-refractivity contribution in [2.24, 2.45) is 5.92 Å². The van der Waals surface area contributed by atoms with Crippen molar-refractivity contribution in [1.82, 2.24) is 0 Å². The SMILES string of the molecule is C[C@@H](O)C1=CC2=C3c4cc(O)cc(O)c4C(=O)C[C@@H]4CC(=O)c5c(O)cccc5[C@]34c3ccc(O)c(c32)C1=O. The molecule has 0 unspecified atom stereocenters. The van der Waals surface area contributed by atoms with Crippen molar-refractivity contribution in [1.29, 1.82) is 0 Å². The standard InChI is InChI=1S/C31H22O8/c1-12(32)15-11-17-25-19(5-6-21(35)28(25)30(15)39)31-13(8-23(37)27-18(31)3-2-4-20(27)34)7-22(36)26-16(29(17)31)9-14(33)10-24(26)38/h2-6,9-13,32-35,38H,7-8H2,1H3/t12-,13-,31-/m1/s1. The van der Waals surface area contributed by atoms with Gasteiger partial charge in [0.2, 0.25) is 0 Å². The first-order chi connectivity index (χ1) is 18.6. The Bertz CT molecular complexity index is 1790. The van der Waals surface area contributed by atoms with Crippen LogP contribution in [-0.4, -0.2) is 49.0 Å². The van der Waals surface area contributed by atoms with Gasteiger partial charge in [-0.3, -0.25) is 14.4 Å². The number of hydrogen-bond donors (Lipinski definition) is 5. The van der Waals surface area contributed by atoms with Crippen LogP contribution in [0.4, 0.5) is 0 Å². The van der Waals surface area contributed by atoms with Crippen LogP contribution in [0.25, 0.3) is 11.1 Å². The van der Waals surface area contributed by atoms with E-state index in [0.717, 1.165) is 6.07 Å². The van der Waals surface area contributed by atoms with E-state index in [2.05, 4.69) is 0 Å². The monoisotopic (exact) mass is 522 g/mol. The van der Waals surface area contributed by atoms with E-state index in [1.165, 1.54) is 31.2 Å². The maximum atomic E-state index is 13.7. The number of aliphatic hydroxyl groups excluding tert-OH is 1. The van der Waals surface area contributed by atoms with Gasteiger partial charge in [-0.05, 0) is 65.0 Å². The van der Waals surface area contributed by atoms with E-state index < -0.39 is 34.8 Å². The summed E-state index contributed by atoms with van der Waals surface area (Å²) in [6.45, 7) is 1.43. The molecule has 8 nitrogen and oxygen atoms in total. The number of carbonyl (C=O) groups is 3. The van der Waals surface area contributed by atoms with Crippen molar-refractivity contribution in [3.63, 3.8) is 0 Å². The summed E-state index contributed by atoms with van der Waals surface area (Å²) in [4.78, 5) is 40.7. The Balaban J connectivity index is 1.77. The molecule has 0 fully saturated rings. The third kappa shape index (κ3) is 2.68. The fourth-order valence-electron chi connectivity index (χ4n) is 7.30. The van der Waals surface area contributed by atoms with Crippen LogP contribution in [0, 0.1) is 5.92 Å². The Morgan fingerprint density at radius 2 is 1.46 bits per heavy atom. The number of ketones is 3. The Morgan fingerprint density at radius 3 is 2.18 bits per heavy atom. The molecular formula is C31H22O8. The summed E-state index contributed by atoms with van der Waals surface area (Å²) in [5, 5.41) is 53.7. The topological polar surface area (TPSA) is 152 Å². The normalized spacial score (nSPS) is 23.3. The Hall–Kier alpha value is -4.69. The summed E-state index contributed by atoms with van der Waals surface area (Å²) in [6, 6.07) is 10.2. The van der Waals surface area contributed by atoms with Gasteiger partial charge < -0.3 is 25.5 Å². The number of carbonyl (C=O) groups excluding carboxylic acids is 3. The number of phenolic OH excluding ortho intramolecular Hbond substituents is 4. The molecule has 0 aromatic heterocycles. The van der Waals surface area contributed by atoms with Gasteiger partial charge in [-0.25, -0.2) is 0 Å². The summed E-state index contributed by atoms with van der Waals surface area (Å²) in [7, 11) is 0. The first-order valence-corrected chi connectivity index (χ1v) is 12.6. The largest absolute Gasteiger partial charge is 0.508 e. The van der Waals surface area contributed by atoms with E-state index in [9.17, 15) is 39.9 Å². The minimum Gasteiger partial charge on any atom is -0.508 e. The highest BCUT2D eigenvalue weighted by Gasteiger charge is 2.60. The summed E-state index contributed by atoms with van der Waals surface area (Å²) in [5.74, 6) is -3.22. The smallest absolute Gasteiger partial charge is 0.195 e. The second-order valence-electron chi connectivity index (χ2n) is 10.6. The second kappa shape index (κ2) is 7.45. The third-order valence-electron chi connectivity index (χ3n) is 8.65. The molecule has 0 bridgehead atoms. The van der Waals surface area contributed by atoms with Crippen LogP contribution >= 0.6 is 0 Å². The number of aromatic hydroxyl groups is 4. The maximum absolute atomic E-state index is 13.7. The zero-order chi connectivity index (χ0) is 27.5. The van der Waals surface area contributed by atoms with Crippen LogP contribution in [0.2, 0.25) is 0 Å². The predicted octanol–water partition coefficient (Wildman–Crippen LogP) is 4.01. The van der Waals surface area contributed by atoms with Gasteiger partial charge in [-0.15, -0.1) is 0 Å². The van der Waals surface area contributed by atoms with Crippen molar-refractivity contribution < 1.29 is 39.9 Å². The molecule has 8 heteroatoms. The van der Waals surface area contributed by atoms with Crippen molar-refractivity contribution >= 4 is 28.5 Å². The number of Topliss-reactive ketones (excluding diaryl/α,β-unsaturated/α-hetero) is 3. The van der Waals surface area contributed by atoms with E-state index >= 15 is 0 Å². The molecule has 39 heavy (non-hydrogen) atoms. The highest BCUT2D eigenvalue weighted by atomic mass is 16.3. The lowest BCUT2D eigenvalue weighted by molar-refractivity contribution is 0.0882. The highest BCUT2D eigenvalue weighted by molar-refractivity contribution is 6.25. The molecule has 3 aromatic carbocycles. The van der Waals surface area contributed by atoms with Crippen molar-refractivity contribution in [3.05, 3.63) is 93.1 Å². The summed E-state index contributed by atoms with van der Waals surface area (Å²) >= 11 is 0. The number of hydrogen-bond acceptors (Lipinski definition) is 8. The lowest BCUT2D eigenvalue weighted by Crippen LogP contribution is -2.42. The molecule has 5 N–H and O–H groups in total. The van der Waals surface area contributed by atoms with Crippen molar-refractivity contribution in [2.75, 3.05) is 0 Å². The minimum atomic E-state index is -1.26. The molecule has 0 radical (unpaired) electrons. The number of phenols is 4. The molecule has 1 spiro atoms. The summed E-state index contributed by atoms with van der Waals surface area (Å²) in [5.41, 5.74) is 1.31. The zero-order valence-corrected chi connectivity index (χ0v) is 20.6. The quantitative estimate of drug-likeness (QED) is 0.321. The molecule has 0 amide bonds. The van der Waals surface area contributed by atoms with E-state index in [0.29, 0.717) is 27.8 Å². The van der Waals surface area contributed by atoms with Gasteiger partial charge in [0.15, 0.2) is 17.3 Å². The van der Waals surface area contributed by atoms with Gasteiger partial charge in [0.05, 0.1) is 28.2 Å². The van der Waals surface area contributed by atoms with Crippen LogP contribution < -0.4 is 0 Å². The highest BCUT2D eigenvalue weighted by Crippen LogP contribution is 2.67. The fraction of sp³-hybridized carbons (Fsp3) is 0.194. The van der Waals surface area contributed by atoms with E-state index in [1.54, 1.807) is 18.2 Å². The van der Waals surface area contributed by atoms with Crippen LogP contribution in [0.3, 0.4) is 0 Å². The van der Waals surface area contributed by atoms with E-state index in [4.69, 9.17) is 0 Å². The molecule has 0 aliphatic heterocycles. The molecule has 0 heterocycles. The molecule has 4 aliphatic carbocycles. The van der Waals surface area contributed by atoms with Gasteiger partial charge in [-0.1, -0.05) is 18.2 Å². The van der Waals surface area contributed by atoms with Gasteiger partial charge in [0.25, 0.3) is 0 Å². The number of allylic oxidation sites excluding steroid dienone is 3. The number of rotatable bonds is 1. The van der Waals surface area contributed by atoms with Crippen LogP contribution in [0.5, 0.6) is 23.0 Å². The fourth-order valence-corrected chi connectivity index (χ4v) is 7.30. The Labute approximate surface area is 221 Å². The predicted molar refractivity (Wildman–Crippen MR) is 139 cm³/mol. The first kappa shape index (κ1) is 23.4. The average molecular weight is 523 g/mol. The van der Waals surface area contributed by atoms with Gasteiger partial charge in [-0.2, -0.15) is 0 Å². The van der Waals surface area contributed by atoms with Gasteiger partial charge in [0, 0.05) is 30.0 Å². The Morgan fingerprint density at radius 1 is 0.795 bits per heavy atom. The molecule has 194 valence electrons. The summed E-state index contributed by atoms with van der Waals surface area (Å²) in [6.07, 6.45) is 0.0889. The van der Waals surface area contributed by atoms with Gasteiger partial charge in [0.1, 0.15) is 23.0 Å². The third-order valence-corrected chi connectivity index (χ3v) is 8.65. The maximum Gasteiger partial charge on any atom is 0.195 e. The van der Waals surface area contributed by atoms with E-state index in [1.807, 2.05) is 0 Å². The molecule has 0 saturated heterocycles.